The molecule has 1 heterocycles. The lowest BCUT2D eigenvalue weighted by molar-refractivity contribution is -0.625. The Morgan fingerprint density at radius 1 is 1.02 bits per heavy atom. The molecule has 0 aliphatic rings. The third-order valence-corrected chi connectivity index (χ3v) is 7.53. The Kier molecular flexibility index (Phi) is 9.41. The zero-order chi connectivity index (χ0) is 30.5. The minimum absolute atomic E-state index is 0.0577. The number of ether oxygens (including phenoxy) is 1. The van der Waals surface area contributed by atoms with Gasteiger partial charge in [-0.1, -0.05) is 71.9 Å². The molecule has 0 saturated heterocycles. The van der Waals surface area contributed by atoms with Gasteiger partial charge in [0, 0.05) is 0 Å². The van der Waals surface area contributed by atoms with Gasteiger partial charge < -0.3 is 9.84 Å². The van der Waals surface area contributed by atoms with Gasteiger partial charge in [-0.3, -0.25) is 4.79 Å². The molecule has 0 fully saturated rings. The fourth-order valence-electron chi connectivity index (χ4n) is 4.46. The number of hydrogen-bond acceptors (Lipinski definition) is 6. The van der Waals surface area contributed by atoms with E-state index >= 15 is 0 Å². The van der Waals surface area contributed by atoms with E-state index in [0.29, 0.717) is 11.8 Å². The highest BCUT2D eigenvalue weighted by Crippen LogP contribution is 2.37. The average Bonchev–Trinajstić information content (AvgIpc) is 3.36. The second-order valence-corrected chi connectivity index (χ2v) is 13.0. The molecule has 42 heavy (non-hydrogen) atoms. The Morgan fingerprint density at radius 2 is 1.64 bits per heavy atom. The van der Waals surface area contributed by atoms with Crippen molar-refractivity contribution in [3.05, 3.63) is 83.4 Å². The first-order valence-electron chi connectivity index (χ1n) is 14.0. The second kappa shape index (κ2) is 12.8. The van der Waals surface area contributed by atoms with E-state index in [9.17, 15) is 9.90 Å². The van der Waals surface area contributed by atoms with Crippen molar-refractivity contribution < 1.29 is 19.2 Å². The molecule has 2 N–H and O–H groups in total. The summed E-state index contributed by atoms with van der Waals surface area (Å²) in [7, 11) is 0. The van der Waals surface area contributed by atoms with E-state index in [4.69, 9.17) is 4.74 Å². The van der Waals surface area contributed by atoms with Crippen LogP contribution in [0, 0.1) is 0 Å². The van der Waals surface area contributed by atoms with Crippen molar-refractivity contribution >= 4 is 23.9 Å². The maximum absolute atomic E-state index is 13.2. The lowest BCUT2D eigenvalue weighted by Gasteiger charge is -2.33. The fraction of sp³-hybridized carbons (Fsp3) is 0.333. The highest BCUT2D eigenvalue weighted by molar-refractivity contribution is 7.99. The van der Waals surface area contributed by atoms with Gasteiger partial charge in [-0.05, 0) is 82.6 Å². The van der Waals surface area contributed by atoms with Crippen LogP contribution >= 0.6 is 11.8 Å². The maximum Gasteiger partial charge on any atom is 0.342 e. The molecular weight excluding hydrogens is 546 g/mol. The smallest absolute Gasteiger partial charge is 0.342 e. The summed E-state index contributed by atoms with van der Waals surface area (Å²) < 4.78 is 7.59. The Balaban J connectivity index is 1.52. The zero-order valence-corrected chi connectivity index (χ0v) is 26.1. The van der Waals surface area contributed by atoms with E-state index in [1.165, 1.54) is 11.8 Å². The molecule has 9 heteroatoms. The van der Waals surface area contributed by atoms with Gasteiger partial charge >= 0.3 is 5.16 Å². The predicted octanol–water partition coefficient (Wildman–Crippen LogP) is 5.66. The van der Waals surface area contributed by atoms with Crippen LogP contribution in [-0.2, 0) is 15.6 Å². The minimum atomic E-state index is -0.318. The molecule has 0 bridgehead atoms. The van der Waals surface area contributed by atoms with Gasteiger partial charge in [-0.25, -0.2) is 5.43 Å². The summed E-state index contributed by atoms with van der Waals surface area (Å²) in [5, 5.41) is 25.6. The molecule has 4 aromatic rings. The second-order valence-electron chi connectivity index (χ2n) is 12.0. The van der Waals surface area contributed by atoms with Crippen molar-refractivity contribution in [1.82, 2.24) is 15.6 Å². The molecule has 4 rings (SSSR count). The molecule has 0 saturated carbocycles. The molecule has 3 aromatic carbocycles. The minimum Gasteiger partial charge on any atom is -0.872 e. The van der Waals surface area contributed by atoms with Crippen molar-refractivity contribution in [3.63, 3.8) is 0 Å². The number of benzene rings is 3. The first kappa shape index (κ1) is 30.8. The van der Waals surface area contributed by atoms with Crippen LogP contribution in [0.1, 0.15) is 65.2 Å². The molecule has 0 radical (unpaired) electrons. The van der Waals surface area contributed by atoms with E-state index in [2.05, 4.69) is 20.7 Å². The number of hydrogen-bond donors (Lipinski definition) is 2. The zero-order valence-electron chi connectivity index (χ0n) is 25.3. The van der Waals surface area contributed by atoms with Gasteiger partial charge in [-0.2, -0.15) is 9.67 Å². The molecular formula is C33H39N5O3S. The summed E-state index contributed by atoms with van der Waals surface area (Å²) in [5.41, 5.74) is 6.06. The molecule has 0 unspecified atom stereocenters. The summed E-state index contributed by atoms with van der Waals surface area (Å²) >= 11 is 1.30. The third-order valence-electron chi connectivity index (χ3n) is 6.59. The number of carbonyl (C=O) groups excluding carboxylic acids is 1. The fourth-order valence-corrected chi connectivity index (χ4v) is 5.22. The van der Waals surface area contributed by atoms with Gasteiger partial charge in [0.2, 0.25) is 0 Å². The number of aromatic amines is 1. The van der Waals surface area contributed by atoms with E-state index < -0.39 is 0 Å². The van der Waals surface area contributed by atoms with Crippen LogP contribution in [0.25, 0.3) is 17.1 Å². The van der Waals surface area contributed by atoms with Crippen LogP contribution in [0.2, 0.25) is 0 Å². The van der Waals surface area contributed by atoms with Gasteiger partial charge in [0.1, 0.15) is 11.4 Å². The van der Waals surface area contributed by atoms with Crippen molar-refractivity contribution in [3.8, 4) is 28.6 Å². The topological polar surface area (TPSA) is 106 Å². The van der Waals surface area contributed by atoms with Gasteiger partial charge in [-0.15, -0.1) is 10.8 Å². The first-order valence-corrected chi connectivity index (χ1v) is 15.0. The number of thioether (sulfide) groups is 1. The Labute approximate surface area is 252 Å². The number of hydrazone groups is 1. The van der Waals surface area contributed by atoms with Gasteiger partial charge in [0.25, 0.3) is 11.7 Å². The van der Waals surface area contributed by atoms with Crippen LogP contribution in [0.4, 0.5) is 0 Å². The number of amides is 1. The van der Waals surface area contributed by atoms with Gasteiger partial charge in [0.15, 0.2) is 0 Å². The Bertz CT molecular complexity index is 1510. The van der Waals surface area contributed by atoms with Crippen LogP contribution < -0.4 is 19.8 Å². The molecule has 8 nitrogen and oxygen atoms in total. The van der Waals surface area contributed by atoms with E-state index in [-0.39, 0.29) is 28.2 Å². The average molecular weight is 586 g/mol. The van der Waals surface area contributed by atoms with Gasteiger partial charge in [0.05, 0.1) is 29.2 Å². The summed E-state index contributed by atoms with van der Waals surface area (Å²) in [6.45, 7) is 14.7. The number of H-pyrrole nitrogens is 1. The highest BCUT2D eigenvalue weighted by Gasteiger charge is 2.25. The van der Waals surface area contributed by atoms with Crippen LogP contribution in [0.5, 0.6) is 11.5 Å². The molecule has 220 valence electrons. The summed E-state index contributed by atoms with van der Waals surface area (Å²) in [4.78, 5) is 12.8. The van der Waals surface area contributed by atoms with Crippen molar-refractivity contribution in [2.45, 2.75) is 64.5 Å². The Morgan fingerprint density at radius 3 is 2.21 bits per heavy atom. The van der Waals surface area contributed by atoms with Crippen molar-refractivity contribution in [1.29, 1.82) is 0 Å². The molecule has 0 aliphatic carbocycles. The Hall–Kier alpha value is -4.11. The molecule has 1 aromatic heterocycles. The van der Waals surface area contributed by atoms with Crippen LogP contribution in [-0.4, -0.2) is 34.7 Å². The standard InChI is InChI=1S/C33H39N5O3S/c1-8-41-25-16-14-24(15-17-25)38-30(23-12-10-9-11-13-23)36-37-31(38)42-21-28(39)35-34-20-22-18-26(32(2,3)4)29(40)27(19-22)33(5,6)7/h9-20H,8,21H2,1-7H3,(H2,34,35,39,40). The molecule has 0 aliphatic heterocycles. The monoisotopic (exact) mass is 585 g/mol. The van der Waals surface area contributed by atoms with Crippen LogP contribution in [0.3, 0.4) is 0 Å². The van der Waals surface area contributed by atoms with E-state index in [1.807, 2.05) is 120 Å². The first-order chi connectivity index (χ1) is 19.9. The lowest BCUT2D eigenvalue weighted by Crippen LogP contribution is -2.34. The quantitative estimate of drug-likeness (QED) is 0.114. The van der Waals surface area contributed by atoms with Crippen molar-refractivity contribution in [2.24, 2.45) is 5.10 Å². The van der Waals surface area contributed by atoms with Crippen LogP contribution in [0.15, 0.2) is 77.0 Å². The predicted molar refractivity (Wildman–Crippen MR) is 166 cm³/mol. The summed E-state index contributed by atoms with van der Waals surface area (Å²) in [5.74, 6) is 1.47. The number of carbonyl (C=O) groups is 1. The largest absolute Gasteiger partial charge is 0.872 e. The number of aromatic nitrogens is 3. The SMILES string of the molecule is CCOc1ccc(-[n+]2c(SCC(=O)NN=Cc3cc(C(C)(C)C)c([O-])c(C(C)(C)C)c3)n[nH]c2-c2ccccc2)cc1. The lowest BCUT2D eigenvalue weighted by atomic mass is 9.78. The maximum atomic E-state index is 13.2. The third kappa shape index (κ3) is 7.39. The number of nitrogens with zero attached hydrogens (tertiary/aromatic N) is 3. The summed E-state index contributed by atoms with van der Waals surface area (Å²) in [6, 6.07) is 21.4. The number of rotatable bonds is 9. The molecule has 0 atom stereocenters. The molecule has 1 amide bonds. The highest BCUT2D eigenvalue weighted by atomic mass is 32.2. The van der Waals surface area contributed by atoms with Crippen molar-refractivity contribution in [2.75, 3.05) is 12.4 Å². The normalized spacial score (nSPS) is 12.1. The van der Waals surface area contributed by atoms with E-state index in [0.717, 1.165) is 39.5 Å². The number of nitrogens with one attached hydrogen (secondary N) is 2. The van der Waals surface area contributed by atoms with E-state index in [1.54, 1.807) is 6.21 Å². The summed E-state index contributed by atoms with van der Waals surface area (Å²) in [6.07, 6.45) is 1.59. The molecule has 0 spiro atoms.